The Bertz CT molecular complexity index is 263. The van der Waals surface area contributed by atoms with Crippen LogP contribution in [0, 0.1) is 0 Å². The fraction of sp³-hybridized carbons (Fsp3) is 0.917. The van der Waals surface area contributed by atoms with Crippen molar-refractivity contribution in [1.29, 1.82) is 0 Å². The number of hydrogen-bond acceptors (Lipinski definition) is 4. The monoisotopic (exact) mass is 242 g/mol. The Hall–Kier alpha value is -0.650. The first kappa shape index (κ1) is 14.4. The molecule has 0 radical (unpaired) electrons. The Kier molecular flexibility index (Phi) is 4.91. The van der Waals surface area contributed by atoms with Crippen molar-refractivity contribution in [3.05, 3.63) is 0 Å². The number of nitrogens with one attached hydrogen (secondary N) is 1. The molecule has 1 heterocycles. The number of carbonyl (C=O) groups is 1. The summed E-state index contributed by atoms with van der Waals surface area (Å²) >= 11 is 0. The zero-order chi connectivity index (χ0) is 13.1. The first-order chi connectivity index (χ1) is 7.89. The summed E-state index contributed by atoms with van der Waals surface area (Å²) in [6, 6.07) is 0.369. The minimum Gasteiger partial charge on any atom is -0.368 e. The van der Waals surface area contributed by atoms with E-state index in [9.17, 15) is 4.79 Å². The van der Waals surface area contributed by atoms with E-state index >= 15 is 0 Å². The van der Waals surface area contributed by atoms with Crippen molar-refractivity contribution in [2.75, 3.05) is 40.3 Å². The van der Waals surface area contributed by atoms with Gasteiger partial charge in [-0.25, -0.2) is 0 Å². The maximum Gasteiger partial charge on any atom is 0.237 e. The second-order valence-corrected chi connectivity index (χ2v) is 5.34. The van der Waals surface area contributed by atoms with Gasteiger partial charge in [-0.15, -0.1) is 0 Å². The molecular weight excluding hydrogens is 216 g/mol. The highest BCUT2D eigenvalue weighted by Crippen LogP contribution is 2.17. The van der Waals surface area contributed by atoms with E-state index in [-0.39, 0.29) is 5.91 Å². The molecule has 1 amide bonds. The Balaban J connectivity index is 2.53. The number of nitrogens with zero attached hydrogens (tertiary/aromatic N) is 2. The van der Waals surface area contributed by atoms with Gasteiger partial charge >= 0.3 is 0 Å². The van der Waals surface area contributed by atoms with Crippen LogP contribution in [0.5, 0.6) is 0 Å². The van der Waals surface area contributed by atoms with Gasteiger partial charge in [-0.3, -0.25) is 9.69 Å². The summed E-state index contributed by atoms with van der Waals surface area (Å²) in [6.07, 6.45) is 0.753. The van der Waals surface area contributed by atoms with Gasteiger partial charge in [0.15, 0.2) is 0 Å². The van der Waals surface area contributed by atoms with Crippen molar-refractivity contribution in [3.63, 3.8) is 0 Å². The van der Waals surface area contributed by atoms with Crippen LogP contribution in [-0.2, 0) is 4.79 Å². The third-order valence-electron chi connectivity index (χ3n) is 3.96. The predicted molar refractivity (Wildman–Crippen MR) is 69.8 cm³/mol. The lowest BCUT2D eigenvalue weighted by Crippen LogP contribution is -2.56. The molecule has 5 nitrogen and oxygen atoms in total. The minimum atomic E-state index is -0.608. The van der Waals surface area contributed by atoms with E-state index in [2.05, 4.69) is 29.1 Å². The van der Waals surface area contributed by atoms with E-state index < -0.39 is 5.54 Å². The highest BCUT2D eigenvalue weighted by molar-refractivity contribution is 5.84. The summed E-state index contributed by atoms with van der Waals surface area (Å²) in [7, 11) is 3.94. The number of piperazine rings is 1. The van der Waals surface area contributed by atoms with Crippen molar-refractivity contribution in [2.45, 2.75) is 31.8 Å². The van der Waals surface area contributed by atoms with Gasteiger partial charge in [-0.1, -0.05) is 0 Å². The Labute approximate surface area is 104 Å². The van der Waals surface area contributed by atoms with E-state index in [0.29, 0.717) is 6.04 Å². The SMILES string of the molecule is CNC(C)(CC(C)N1CCN(C)CC1)C(N)=O. The minimum absolute atomic E-state index is 0.277. The van der Waals surface area contributed by atoms with E-state index in [4.69, 9.17) is 5.73 Å². The van der Waals surface area contributed by atoms with Crippen molar-refractivity contribution in [2.24, 2.45) is 5.73 Å². The van der Waals surface area contributed by atoms with Crippen LogP contribution in [-0.4, -0.2) is 67.6 Å². The molecule has 100 valence electrons. The first-order valence-electron chi connectivity index (χ1n) is 6.30. The summed E-state index contributed by atoms with van der Waals surface area (Å²) in [5.41, 5.74) is 4.84. The lowest BCUT2D eigenvalue weighted by molar-refractivity contribution is -0.124. The number of amides is 1. The molecule has 0 bridgehead atoms. The molecule has 2 unspecified atom stereocenters. The van der Waals surface area contributed by atoms with E-state index in [1.165, 1.54) is 0 Å². The normalized spacial score (nSPS) is 24.2. The molecule has 0 aliphatic carbocycles. The molecule has 1 fully saturated rings. The first-order valence-corrected chi connectivity index (χ1v) is 6.30. The fourth-order valence-electron chi connectivity index (χ4n) is 2.31. The zero-order valence-electron chi connectivity index (χ0n) is 11.5. The van der Waals surface area contributed by atoms with Gasteiger partial charge in [-0.05, 0) is 34.4 Å². The maximum absolute atomic E-state index is 11.5. The smallest absolute Gasteiger partial charge is 0.237 e. The van der Waals surface area contributed by atoms with Crippen molar-refractivity contribution >= 4 is 5.91 Å². The van der Waals surface area contributed by atoms with Crippen LogP contribution < -0.4 is 11.1 Å². The molecule has 2 atom stereocenters. The fourth-order valence-corrected chi connectivity index (χ4v) is 2.31. The number of primary amides is 1. The van der Waals surface area contributed by atoms with Crippen molar-refractivity contribution < 1.29 is 4.79 Å². The second kappa shape index (κ2) is 5.80. The summed E-state index contributed by atoms with van der Waals surface area (Å²) in [4.78, 5) is 16.2. The van der Waals surface area contributed by atoms with Crippen LogP contribution >= 0.6 is 0 Å². The van der Waals surface area contributed by atoms with Gasteiger partial charge in [0.05, 0.1) is 5.54 Å². The summed E-state index contributed by atoms with van der Waals surface area (Å²) in [5.74, 6) is -0.277. The average molecular weight is 242 g/mol. The molecule has 0 aromatic rings. The zero-order valence-corrected chi connectivity index (χ0v) is 11.5. The second-order valence-electron chi connectivity index (χ2n) is 5.34. The number of nitrogens with two attached hydrogens (primary N) is 1. The molecule has 1 aliphatic heterocycles. The molecule has 17 heavy (non-hydrogen) atoms. The highest BCUT2D eigenvalue weighted by Gasteiger charge is 2.33. The molecular formula is C12H26N4O. The number of likely N-dealkylation sites (N-methyl/N-ethyl adjacent to an activating group) is 2. The quantitative estimate of drug-likeness (QED) is 0.681. The number of rotatable bonds is 5. The van der Waals surface area contributed by atoms with Gasteiger partial charge in [0.1, 0.15) is 0 Å². The Morgan fingerprint density at radius 1 is 1.41 bits per heavy atom. The Morgan fingerprint density at radius 3 is 2.35 bits per heavy atom. The molecule has 5 heteroatoms. The molecule has 1 rings (SSSR count). The molecule has 3 N–H and O–H groups in total. The average Bonchev–Trinajstić information content (AvgIpc) is 2.29. The molecule has 0 aromatic heterocycles. The van der Waals surface area contributed by atoms with Crippen LogP contribution in [0.15, 0.2) is 0 Å². The van der Waals surface area contributed by atoms with Crippen LogP contribution in [0.2, 0.25) is 0 Å². The van der Waals surface area contributed by atoms with Crippen LogP contribution in [0.1, 0.15) is 20.3 Å². The lowest BCUT2D eigenvalue weighted by Gasteiger charge is -2.39. The van der Waals surface area contributed by atoms with Crippen molar-refractivity contribution in [1.82, 2.24) is 15.1 Å². The molecule has 0 spiro atoms. The number of carbonyl (C=O) groups excluding carboxylic acids is 1. The molecule has 0 aromatic carbocycles. The van der Waals surface area contributed by atoms with Gasteiger partial charge in [0, 0.05) is 32.2 Å². The van der Waals surface area contributed by atoms with E-state index in [1.54, 1.807) is 7.05 Å². The summed E-state index contributed by atoms with van der Waals surface area (Å²) < 4.78 is 0. The van der Waals surface area contributed by atoms with Crippen LogP contribution in [0.25, 0.3) is 0 Å². The van der Waals surface area contributed by atoms with E-state index in [0.717, 1.165) is 32.6 Å². The third-order valence-corrected chi connectivity index (χ3v) is 3.96. The highest BCUT2D eigenvalue weighted by atomic mass is 16.1. The topological polar surface area (TPSA) is 61.6 Å². The maximum atomic E-state index is 11.5. The summed E-state index contributed by atoms with van der Waals surface area (Å²) in [6.45, 7) is 8.37. The summed E-state index contributed by atoms with van der Waals surface area (Å²) in [5, 5.41) is 3.05. The van der Waals surface area contributed by atoms with Gasteiger partial charge < -0.3 is 16.0 Å². The Morgan fingerprint density at radius 2 is 1.94 bits per heavy atom. The largest absolute Gasteiger partial charge is 0.368 e. The van der Waals surface area contributed by atoms with Crippen LogP contribution in [0.3, 0.4) is 0 Å². The van der Waals surface area contributed by atoms with Crippen LogP contribution in [0.4, 0.5) is 0 Å². The molecule has 1 saturated heterocycles. The molecule has 1 aliphatic rings. The predicted octanol–water partition coefficient (Wildman–Crippen LogP) is -0.524. The standard InChI is InChI=1S/C12H26N4O/c1-10(9-12(2,14-3)11(13)17)16-7-5-15(4)6-8-16/h10,14H,5-9H2,1-4H3,(H2,13,17). The lowest BCUT2D eigenvalue weighted by atomic mass is 9.92. The van der Waals surface area contributed by atoms with Crippen molar-refractivity contribution in [3.8, 4) is 0 Å². The van der Waals surface area contributed by atoms with Gasteiger partial charge in [0.2, 0.25) is 5.91 Å². The number of hydrogen-bond donors (Lipinski definition) is 2. The van der Waals surface area contributed by atoms with Gasteiger partial charge in [-0.2, -0.15) is 0 Å². The van der Waals surface area contributed by atoms with E-state index in [1.807, 2.05) is 6.92 Å². The van der Waals surface area contributed by atoms with Gasteiger partial charge in [0.25, 0.3) is 0 Å². The molecule has 0 saturated carbocycles. The third kappa shape index (κ3) is 3.66.